The van der Waals surface area contributed by atoms with Gasteiger partial charge in [-0.05, 0) is 36.2 Å². The SMILES string of the molecule is O=C(CCc1c[nH]c2ccccc12)Oc1cccc2[nH]ccc12. The van der Waals surface area contributed by atoms with E-state index < -0.39 is 0 Å². The molecule has 4 aromatic rings. The maximum absolute atomic E-state index is 12.2. The van der Waals surface area contributed by atoms with Crippen LogP contribution in [0, 0.1) is 0 Å². The molecular weight excluding hydrogens is 288 g/mol. The lowest BCUT2D eigenvalue weighted by Gasteiger charge is -2.05. The van der Waals surface area contributed by atoms with Gasteiger partial charge in [0, 0.05) is 34.2 Å². The van der Waals surface area contributed by atoms with Gasteiger partial charge in [-0.25, -0.2) is 0 Å². The molecule has 4 nitrogen and oxygen atoms in total. The highest BCUT2D eigenvalue weighted by Crippen LogP contribution is 2.25. The smallest absolute Gasteiger partial charge is 0.311 e. The number of hydrogen-bond donors (Lipinski definition) is 2. The number of carbonyl (C=O) groups excluding carboxylic acids is 1. The van der Waals surface area contributed by atoms with Crippen molar-refractivity contribution >= 4 is 27.8 Å². The number of aryl methyl sites for hydroxylation is 1. The molecule has 0 amide bonds. The second kappa shape index (κ2) is 5.65. The zero-order valence-corrected chi connectivity index (χ0v) is 12.5. The first kappa shape index (κ1) is 13.6. The Hall–Kier alpha value is -3.01. The van der Waals surface area contributed by atoms with E-state index in [1.807, 2.05) is 54.9 Å². The standard InChI is InChI=1S/C19H16N2O2/c22-19(23-18-7-3-6-17-15(18)10-11-20-17)9-8-13-12-21-16-5-2-1-4-14(13)16/h1-7,10-12,20-21H,8-9H2. The molecule has 2 aromatic heterocycles. The predicted molar refractivity (Wildman–Crippen MR) is 90.6 cm³/mol. The molecule has 114 valence electrons. The summed E-state index contributed by atoms with van der Waals surface area (Å²) in [6.07, 6.45) is 4.81. The van der Waals surface area contributed by atoms with Crippen molar-refractivity contribution in [3.05, 3.63) is 66.5 Å². The Balaban J connectivity index is 1.47. The van der Waals surface area contributed by atoms with Gasteiger partial charge in [0.25, 0.3) is 0 Å². The summed E-state index contributed by atoms with van der Waals surface area (Å²) in [5.74, 6) is 0.386. The predicted octanol–water partition coefficient (Wildman–Crippen LogP) is 4.19. The van der Waals surface area contributed by atoms with Crippen LogP contribution in [0.1, 0.15) is 12.0 Å². The fraction of sp³-hybridized carbons (Fsp3) is 0.105. The van der Waals surface area contributed by atoms with E-state index >= 15 is 0 Å². The molecule has 0 saturated heterocycles. The van der Waals surface area contributed by atoms with Gasteiger partial charge in [0.15, 0.2) is 0 Å². The van der Waals surface area contributed by atoms with Gasteiger partial charge in [-0.3, -0.25) is 4.79 Å². The molecule has 0 saturated carbocycles. The Morgan fingerprint density at radius 3 is 2.70 bits per heavy atom. The van der Waals surface area contributed by atoms with Crippen LogP contribution in [0.4, 0.5) is 0 Å². The highest BCUT2D eigenvalue weighted by molar-refractivity contribution is 5.88. The Kier molecular flexibility index (Phi) is 3.35. The number of fused-ring (bicyclic) bond motifs is 2. The van der Waals surface area contributed by atoms with Crippen molar-refractivity contribution in [1.29, 1.82) is 0 Å². The monoisotopic (exact) mass is 304 g/mol. The molecule has 0 aliphatic carbocycles. The molecule has 4 heteroatoms. The second-order valence-corrected chi connectivity index (χ2v) is 5.53. The first-order valence-electron chi connectivity index (χ1n) is 7.63. The fourth-order valence-electron chi connectivity index (χ4n) is 2.89. The number of aromatic nitrogens is 2. The van der Waals surface area contributed by atoms with E-state index in [2.05, 4.69) is 16.0 Å². The summed E-state index contributed by atoms with van der Waals surface area (Å²) in [6, 6.07) is 15.7. The minimum Gasteiger partial charge on any atom is -0.426 e. The second-order valence-electron chi connectivity index (χ2n) is 5.53. The third kappa shape index (κ3) is 2.59. The summed E-state index contributed by atoms with van der Waals surface area (Å²) < 4.78 is 5.53. The lowest BCUT2D eigenvalue weighted by atomic mass is 10.1. The van der Waals surface area contributed by atoms with Gasteiger partial charge in [0.1, 0.15) is 5.75 Å². The number of ether oxygens (including phenoxy) is 1. The van der Waals surface area contributed by atoms with Crippen LogP contribution in [0.15, 0.2) is 60.9 Å². The average Bonchev–Trinajstić information content (AvgIpc) is 3.20. The minimum absolute atomic E-state index is 0.219. The van der Waals surface area contributed by atoms with Crippen molar-refractivity contribution in [3.8, 4) is 5.75 Å². The Labute approximate surface area is 133 Å². The maximum atomic E-state index is 12.2. The van der Waals surface area contributed by atoms with E-state index in [9.17, 15) is 4.79 Å². The Morgan fingerprint density at radius 1 is 0.913 bits per heavy atom. The Morgan fingerprint density at radius 2 is 1.74 bits per heavy atom. The summed E-state index contributed by atoms with van der Waals surface area (Å²) >= 11 is 0. The molecule has 0 aliphatic rings. The van der Waals surface area contributed by atoms with Gasteiger partial charge < -0.3 is 14.7 Å². The van der Waals surface area contributed by atoms with Crippen molar-refractivity contribution in [2.75, 3.05) is 0 Å². The molecule has 4 rings (SSSR count). The van der Waals surface area contributed by atoms with Gasteiger partial charge in [-0.15, -0.1) is 0 Å². The summed E-state index contributed by atoms with van der Waals surface area (Å²) in [4.78, 5) is 18.5. The molecule has 2 N–H and O–H groups in total. The average molecular weight is 304 g/mol. The number of hydrogen-bond acceptors (Lipinski definition) is 2. The van der Waals surface area contributed by atoms with E-state index in [1.54, 1.807) is 0 Å². The van der Waals surface area contributed by atoms with Crippen LogP contribution < -0.4 is 4.74 Å². The largest absolute Gasteiger partial charge is 0.426 e. The molecule has 0 unspecified atom stereocenters. The first-order chi connectivity index (χ1) is 11.3. The van der Waals surface area contributed by atoms with Crippen LogP contribution in [-0.2, 0) is 11.2 Å². The number of esters is 1. The van der Waals surface area contributed by atoms with E-state index in [0.29, 0.717) is 18.6 Å². The number of rotatable bonds is 4. The number of nitrogens with one attached hydrogen (secondary N) is 2. The van der Waals surface area contributed by atoms with Crippen molar-refractivity contribution in [3.63, 3.8) is 0 Å². The van der Waals surface area contributed by atoms with Crippen molar-refractivity contribution in [2.24, 2.45) is 0 Å². The van der Waals surface area contributed by atoms with Crippen molar-refractivity contribution in [2.45, 2.75) is 12.8 Å². The molecule has 0 atom stereocenters. The van der Waals surface area contributed by atoms with Crippen molar-refractivity contribution < 1.29 is 9.53 Å². The van der Waals surface area contributed by atoms with Gasteiger partial charge in [-0.2, -0.15) is 0 Å². The summed E-state index contributed by atoms with van der Waals surface area (Å²) in [7, 11) is 0. The molecule has 2 aromatic carbocycles. The molecule has 0 radical (unpaired) electrons. The third-order valence-corrected chi connectivity index (χ3v) is 4.05. The quantitative estimate of drug-likeness (QED) is 0.439. The molecule has 2 heterocycles. The minimum atomic E-state index is -0.219. The summed E-state index contributed by atoms with van der Waals surface area (Å²) in [5.41, 5.74) is 3.19. The van der Waals surface area contributed by atoms with Gasteiger partial charge in [0.05, 0.1) is 6.42 Å². The third-order valence-electron chi connectivity index (χ3n) is 4.05. The van der Waals surface area contributed by atoms with Crippen LogP contribution in [-0.4, -0.2) is 15.9 Å². The zero-order valence-electron chi connectivity index (χ0n) is 12.5. The molecule has 0 spiro atoms. The fourth-order valence-corrected chi connectivity index (χ4v) is 2.89. The van der Waals surface area contributed by atoms with Gasteiger partial charge >= 0.3 is 5.97 Å². The van der Waals surface area contributed by atoms with Crippen LogP contribution in [0.2, 0.25) is 0 Å². The number of carbonyl (C=O) groups is 1. The Bertz CT molecular complexity index is 981. The highest BCUT2D eigenvalue weighted by Gasteiger charge is 2.10. The first-order valence-corrected chi connectivity index (χ1v) is 7.63. The summed E-state index contributed by atoms with van der Waals surface area (Å²) in [5, 5.41) is 2.08. The molecule has 0 bridgehead atoms. The topological polar surface area (TPSA) is 57.9 Å². The number of para-hydroxylation sites is 1. The maximum Gasteiger partial charge on any atom is 0.311 e. The molecule has 0 aliphatic heterocycles. The molecular formula is C19H16N2O2. The lowest BCUT2D eigenvalue weighted by molar-refractivity contribution is -0.134. The normalized spacial score (nSPS) is 11.1. The highest BCUT2D eigenvalue weighted by atomic mass is 16.5. The van der Waals surface area contributed by atoms with Crippen LogP contribution >= 0.6 is 0 Å². The van der Waals surface area contributed by atoms with Crippen LogP contribution in [0.3, 0.4) is 0 Å². The van der Waals surface area contributed by atoms with E-state index in [0.717, 1.165) is 27.4 Å². The molecule has 23 heavy (non-hydrogen) atoms. The number of aromatic amines is 2. The zero-order chi connectivity index (χ0) is 15.6. The van der Waals surface area contributed by atoms with Gasteiger partial charge in [-0.1, -0.05) is 24.3 Å². The van der Waals surface area contributed by atoms with Gasteiger partial charge in [0.2, 0.25) is 0 Å². The van der Waals surface area contributed by atoms with Crippen LogP contribution in [0.5, 0.6) is 5.75 Å². The van der Waals surface area contributed by atoms with Crippen LogP contribution in [0.25, 0.3) is 21.8 Å². The van der Waals surface area contributed by atoms with E-state index in [-0.39, 0.29) is 5.97 Å². The molecule has 0 fully saturated rings. The lowest BCUT2D eigenvalue weighted by Crippen LogP contribution is -2.09. The van der Waals surface area contributed by atoms with Crippen molar-refractivity contribution in [1.82, 2.24) is 9.97 Å². The number of H-pyrrole nitrogens is 2. The van der Waals surface area contributed by atoms with E-state index in [1.165, 1.54) is 0 Å². The van der Waals surface area contributed by atoms with E-state index in [4.69, 9.17) is 4.74 Å². The summed E-state index contributed by atoms with van der Waals surface area (Å²) in [6.45, 7) is 0. The number of benzene rings is 2.